The molecule has 4 nitrogen and oxygen atoms in total. The average Bonchev–Trinajstić information content (AvgIpc) is 2.44. The summed E-state index contributed by atoms with van der Waals surface area (Å²) in [7, 11) is 0. The Labute approximate surface area is 125 Å². The Kier molecular flexibility index (Phi) is 4.55. The number of halogens is 2. The van der Waals surface area contributed by atoms with Crippen molar-refractivity contribution in [2.45, 2.75) is 6.92 Å². The number of aryl methyl sites for hydroxylation is 1. The normalized spacial score (nSPS) is 10.8. The molecular formula is C15H11ClFNO3. The van der Waals surface area contributed by atoms with Crippen molar-refractivity contribution in [2.24, 2.45) is 0 Å². The molecule has 0 amide bonds. The summed E-state index contributed by atoms with van der Waals surface area (Å²) >= 11 is 5.68. The summed E-state index contributed by atoms with van der Waals surface area (Å²) in [6.07, 6.45) is 3.85. The Bertz CT molecular complexity index is 716. The van der Waals surface area contributed by atoms with E-state index in [1.54, 1.807) is 19.1 Å². The van der Waals surface area contributed by atoms with Gasteiger partial charge in [0, 0.05) is 17.8 Å². The van der Waals surface area contributed by atoms with Gasteiger partial charge in [-0.1, -0.05) is 17.7 Å². The van der Waals surface area contributed by atoms with Crippen LogP contribution in [0.15, 0.2) is 36.5 Å². The highest BCUT2D eigenvalue weighted by Gasteiger charge is 2.10. The molecule has 0 aliphatic heterocycles. The summed E-state index contributed by atoms with van der Waals surface area (Å²) in [5, 5.41) is 8.53. The van der Waals surface area contributed by atoms with Crippen molar-refractivity contribution >= 4 is 23.6 Å². The minimum Gasteiger partial charge on any atom is -0.478 e. The van der Waals surface area contributed by atoms with Gasteiger partial charge in [0.1, 0.15) is 0 Å². The Morgan fingerprint density at radius 2 is 2.24 bits per heavy atom. The minimum atomic E-state index is -1.05. The number of ether oxygens (including phenoxy) is 1. The summed E-state index contributed by atoms with van der Waals surface area (Å²) in [6.45, 7) is 1.73. The standard InChI is InChI=1S/C15H11ClFNO3/c1-9-7-10(5-6-13(19)20)8-18-15(9)21-12-4-2-3-11(16)14(12)17/h2-8H,1H3,(H,19,20)/b6-5+. The molecule has 0 saturated heterocycles. The first kappa shape index (κ1) is 15.0. The molecule has 6 heteroatoms. The summed E-state index contributed by atoms with van der Waals surface area (Å²) in [5.74, 6) is -1.50. The van der Waals surface area contributed by atoms with Gasteiger partial charge in [-0.15, -0.1) is 0 Å². The molecule has 0 atom stereocenters. The van der Waals surface area contributed by atoms with Crippen molar-refractivity contribution < 1.29 is 19.0 Å². The molecule has 2 aromatic rings. The number of benzene rings is 1. The van der Waals surface area contributed by atoms with Crippen LogP contribution in [-0.4, -0.2) is 16.1 Å². The number of carbonyl (C=O) groups is 1. The van der Waals surface area contributed by atoms with Crippen LogP contribution in [-0.2, 0) is 4.79 Å². The molecule has 0 aliphatic carbocycles. The van der Waals surface area contributed by atoms with Crippen LogP contribution in [0.25, 0.3) is 6.08 Å². The van der Waals surface area contributed by atoms with E-state index >= 15 is 0 Å². The van der Waals surface area contributed by atoms with E-state index < -0.39 is 11.8 Å². The number of rotatable bonds is 4. The first-order valence-corrected chi connectivity index (χ1v) is 6.34. The van der Waals surface area contributed by atoms with Crippen LogP contribution < -0.4 is 4.74 Å². The first-order chi connectivity index (χ1) is 9.97. The van der Waals surface area contributed by atoms with Crippen molar-refractivity contribution in [1.82, 2.24) is 4.98 Å². The van der Waals surface area contributed by atoms with E-state index in [0.717, 1.165) is 6.08 Å². The summed E-state index contributed by atoms with van der Waals surface area (Å²) in [5.41, 5.74) is 1.25. The van der Waals surface area contributed by atoms with E-state index in [4.69, 9.17) is 21.4 Å². The molecule has 0 radical (unpaired) electrons. The van der Waals surface area contributed by atoms with Crippen LogP contribution in [0.5, 0.6) is 11.6 Å². The van der Waals surface area contributed by atoms with E-state index in [0.29, 0.717) is 11.1 Å². The second kappa shape index (κ2) is 6.37. The van der Waals surface area contributed by atoms with Crippen molar-refractivity contribution in [3.8, 4) is 11.6 Å². The van der Waals surface area contributed by atoms with Crippen LogP contribution in [0.3, 0.4) is 0 Å². The second-order valence-corrected chi connectivity index (χ2v) is 4.62. The van der Waals surface area contributed by atoms with E-state index in [9.17, 15) is 9.18 Å². The van der Waals surface area contributed by atoms with Crippen molar-refractivity contribution in [2.75, 3.05) is 0 Å². The molecule has 2 rings (SSSR count). The predicted molar refractivity (Wildman–Crippen MR) is 77.1 cm³/mol. The molecule has 0 fully saturated rings. The topological polar surface area (TPSA) is 59.4 Å². The number of carboxylic acid groups (broad SMARTS) is 1. The highest BCUT2D eigenvalue weighted by Crippen LogP contribution is 2.29. The molecule has 0 aliphatic rings. The molecule has 0 unspecified atom stereocenters. The van der Waals surface area contributed by atoms with Gasteiger partial charge in [-0.25, -0.2) is 14.2 Å². The molecule has 1 aromatic heterocycles. The van der Waals surface area contributed by atoms with Crippen molar-refractivity contribution in [3.63, 3.8) is 0 Å². The third kappa shape index (κ3) is 3.79. The number of carboxylic acids is 1. The van der Waals surface area contributed by atoms with Gasteiger partial charge in [0.2, 0.25) is 5.88 Å². The lowest BCUT2D eigenvalue weighted by Gasteiger charge is -2.09. The van der Waals surface area contributed by atoms with Crippen LogP contribution in [0.1, 0.15) is 11.1 Å². The lowest BCUT2D eigenvalue weighted by Crippen LogP contribution is -1.95. The molecule has 1 N–H and O–H groups in total. The van der Waals surface area contributed by atoms with Crippen molar-refractivity contribution in [3.05, 3.63) is 58.5 Å². The quantitative estimate of drug-likeness (QED) is 0.865. The number of pyridine rings is 1. The van der Waals surface area contributed by atoms with Gasteiger partial charge in [0.25, 0.3) is 0 Å². The zero-order valence-electron chi connectivity index (χ0n) is 11.0. The maximum absolute atomic E-state index is 13.7. The molecule has 108 valence electrons. The summed E-state index contributed by atoms with van der Waals surface area (Å²) in [4.78, 5) is 14.5. The third-order valence-electron chi connectivity index (χ3n) is 2.59. The molecule has 1 aromatic carbocycles. The van der Waals surface area contributed by atoms with E-state index in [2.05, 4.69) is 4.98 Å². The van der Waals surface area contributed by atoms with Gasteiger partial charge in [-0.05, 0) is 36.8 Å². The minimum absolute atomic E-state index is 0.0214. The Hall–Kier alpha value is -2.40. The zero-order valence-corrected chi connectivity index (χ0v) is 11.8. The lowest BCUT2D eigenvalue weighted by molar-refractivity contribution is -0.131. The number of hydrogen-bond acceptors (Lipinski definition) is 3. The van der Waals surface area contributed by atoms with E-state index in [-0.39, 0.29) is 16.7 Å². The summed E-state index contributed by atoms with van der Waals surface area (Å²) < 4.78 is 19.1. The van der Waals surface area contributed by atoms with Gasteiger partial charge in [0.05, 0.1) is 5.02 Å². The Balaban J connectivity index is 2.25. The van der Waals surface area contributed by atoms with E-state index in [1.807, 2.05) is 0 Å². The Morgan fingerprint density at radius 1 is 1.48 bits per heavy atom. The molecule has 0 saturated carbocycles. The molecular weight excluding hydrogens is 297 g/mol. The molecule has 1 heterocycles. The fraction of sp³-hybridized carbons (Fsp3) is 0.0667. The highest BCUT2D eigenvalue weighted by atomic mass is 35.5. The maximum atomic E-state index is 13.7. The van der Waals surface area contributed by atoms with Gasteiger partial charge >= 0.3 is 5.97 Å². The highest BCUT2D eigenvalue weighted by molar-refractivity contribution is 6.30. The molecule has 21 heavy (non-hydrogen) atoms. The van der Waals surface area contributed by atoms with E-state index in [1.165, 1.54) is 24.4 Å². The number of aromatic nitrogens is 1. The SMILES string of the molecule is Cc1cc(/C=C/C(=O)O)cnc1Oc1cccc(Cl)c1F. The van der Waals surface area contributed by atoms with Gasteiger partial charge in [-0.2, -0.15) is 0 Å². The first-order valence-electron chi connectivity index (χ1n) is 5.97. The van der Waals surface area contributed by atoms with Gasteiger partial charge in [-0.3, -0.25) is 0 Å². The number of aliphatic carboxylic acids is 1. The zero-order chi connectivity index (χ0) is 15.4. The third-order valence-corrected chi connectivity index (χ3v) is 2.88. The monoisotopic (exact) mass is 307 g/mol. The predicted octanol–water partition coefficient (Wildman–Crippen LogP) is 4.07. The largest absolute Gasteiger partial charge is 0.478 e. The second-order valence-electron chi connectivity index (χ2n) is 4.22. The summed E-state index contributed by atoms with van der Waals surface area (Å²) in [6, 6.07) is 6.12. The number of hydrogen-bond donors (Lipinski definition) is 1. The molecule has 0 bridgehead atoms. The average molecular weight is 308 g/mol. The van der Waals surface area contributed by atoms with Crippen LogP contribution >= 0.6 is 11.6 Å². The number of nitrogens with zero attached hydrogens (tertiary/aromatic N) is 1. The smallest absolute Gasteiger partial charge is 0.328 e. The fourth-order valence-corrected chi connectivity index (χ4v) is 1.78. The van der Waals surface area contributed by atoms with Crippen molar-refractivity contribution in [1.29, 1.82) is 0 Å². The van der Waals surface area contributed by atoms with Crippen LogP contribution in [0, 0.1) is 12.7 Å². The maximum Gasteiger partial charge on any atom is 0.328 e. The van der Waals surface area contributed by atoms with Gasteiger partial charge < -0.3 is 9.84 Å². The van der Waals surface area contributed by atoms with Gasteiger partial charge in [0.15, 0.2) is 11.6 Å². The van der Waals surface area contributed by atoms with Crippen LogP contribution in [0.4, 0.5) is 4.39 Å². The van der Waals surface area contributed by atoms with Crippen LogP contribution in [0.2, 0.25) is 5.02 Å². The molecule has 0 spiro atoms. The Morgan fingerprint density at radius 3 is 2.90 bits per heavy atom. The fourth-order valence-electron chi connectivity index (χ4n) is 1.62. The lowest BCUT2D eigenvalue weighted by atomic mass is 10.2.